The maximum Gasteiger partial charge on any atom is 0.148 e. The first-order chi connectivity index (χ1) is 12.1. The number of hydrogen-bond donors (Lipinski definition) is 5. The molecule has 0 amide bonds. The lowest BCUT2D eigenvalue weighted by Crippen LogP contribution is -2.28. The molecule has 0 fully saturated rings. The number of hydrogen-bond acceptors (Lipinski definition) is 7. The van der Waals surface area contributed by atoms with Crippen LogP contribution in [-0.4, -0.2) is 54.2 Å². The van der Waals surface area contributed by atoms with E-state index >= 15 is 0 Å². The van der Waals surface area contributed by atoms with Crippen molar-refractivity contribution in [2.75, 3.05) is 37.1 Å². The first-order valence-corrected chi connectivity index (χ1v) is 8.95. The van der Waals surface area contributed by atoms with Gasteiger partial charge in [-0.05, 0) is 25.0 Å². The number of phenolic OH excluding ortho intramolecular Hbond substituents is 1. The molecule has 0 aliphatic rings. The van der Waals surface area contributed by atoms with E-state index in [1.54, 1.807) is 12.1 Å². The Labute approximate surface area is 150 Å². The highest BCUT2D eigenvalue weighted by Gasteiger charge is 2.14. The summed E-state index contributed by atoms with van der Waals surface area (Å²) in [5.41, 5.74) is 0.779. The minimum Gasteiger partial charge on any atom is -0.506 e. The Bertz CT molecular complexity index is 473. The average Bonchev–Trinajstić information content (AvgIpc) is 2.59. The second-order valence-electron chi connectivity index (χ2n) is 5.88. The van der Waals surface area contributed by atoms with Gasteiger partial charge in [0.05, 0.1) is 18.9 Å². The summed E-state index contributed by atoms with van der Waals surface area (Å²) in [5, 5.41) is 35.8. The van der Waals surface area contributed by atoms with Crippen molar-refractivity contribution in [2.45, 2.75) is 52.0 Å². The molecule has 0 bridgehead atoms. The predicted octanol–water partition coefficient (Wildman–Crippen LogP) is 2.49. The molecule has 0 spiro atoms. The largest absolute Gasteiger partial charge is 0.506 e. The van der Waals surface area contributed by atoms with Crippen LogP contribution in [0.5, 0.6) is 5.75 Å². The number of aliphatic hydroxyl groups excluding tert-OH is 2. The van der Waals surface area contributed by atoms with E-state index in [2.05, 4.69) is 24.5 Å². The van der Waals surface area contributed by atoms with Crippen LogP contribution in [0.25, 0.3) is 0 Å². The highest BCUT2D eigenvalue weighted by Crippen LogP contribution is 2.32. The summed E-state index contributed by atoms with van der Waals surface area (Å²) < 4.78 is 10.7. The summed E-state index contributed by atoms with van der Waals surface area (Å²) in [6.45, 7) is 5.55. The standard InChI is InChI=1S/C18H32N2O5/c1-3-5-10-24-12-16(22)19-14-8-7-9-15(21)18(14)20-17(23)13-25-11-6-4-2/h7-9,16-17,19-23H,3-6,10-13H2,1-2H3. The van der Waals surface area contributed by atoms with Crippen LogP contribution in [0.15, 0.2) is 18.2 Å². The number of anilines is 2. The van der Waals surface area contributed by atoms with Crippen LogP contribution in [0.3, 0.4) is 0 Å². The maximum atomic E-state index is 10.0. The number of ether oxygens (including phenoxy) is 2. The normalized spacial score (nSPS) is 13.4. The molecular weight excluding hydrogens is 324 g/mol. The molecule has 1 aromatic rings. The lowest BCUT2D eigenvalue weighted by Gasteiger charge is -2.21. The Morgan fingerprint density at radius 2 is 1.48 bits per heavy atom. The van der Waals surface area contributed by atoms with E-state index in [1.807, 2.05) is 0 Å². The zero-order valence-electron chi connectivity index (χ0n) is 15.2. The van der Waals surface area contributed by atoms with Crippen LogP contribution < -0.4 is 10.6 Å². The summed E-state index contributed by atoms with van der Waals surface area (Å²) in [6, 6.07) is 4.85. The van der Waals surface area contributed by atoms with Gasteiger partial charge in [-0.15, -0.1) is 0 Å². The fourth-order valence-corrected chi connectivity index (χ4v) is 2.12. The molecule has 1 aromatic carbocycles. The highest BCUT2D eigenvalue weighted by molar-refractivity contribution is 5.75. The molecule has 144 valence electrons. The van der Waals surface area contributed by atoms with Gasteiger partial charge in [0.2, 0.25) is 0 Å². The number of rotatable bonds is 14. The van der Waals surface area contributed by atoms with Gasteiger partial charge in [0, 0.05) is 13.2 Å². The minimum atomic E-state index is -0.969. The predicted molar refractivity (Wildman–Crippen MR) is 98.8 cm³/mol. The summed E-state index contributed by atoms with van der Waals surface area (Å²) in [5.74, 6) is -0.0308. The summed E-state index contributed by atoms with van der Waals surface area (Å²) >= 11 is 0. The monoisotopic (exact) mass is 356 g/mol. The number of aliphatic hydroxyl groups is 2. The van der Waals surface area contributed by atoms with Gasteiger partial charge < -0.3 is 35.4 Å². The van der Waals surface area contributed by atoms with Crippen molar-refractivity contribution >= 4 is 11.4 Å². The molecule has 2 unspecified atom stereocenters. The van der Waals surface area contributed by atoms with E-state index in [0.717, 1.165) is 25.7 Å². The van der Waals surface area contributed by atoms with Crippen molar-refractivity contribution in [3.63, 3.8) is 0 Å². The van der Waals surface area contributed by atoms with Crippen molar-refractivity contribution < 1.29 is 24.8 Å². The molecule has 0 radical (unpaired) electrons. The fraction of sp³-hybridized carbons (Fsp3) is 0.667. The number of para-hydroxylation sites is 1. The summed E-state index contributed by atoms with van der Waals surface area (Å²) in [7, 11) is 0. The van der Waals surface area contributed by atoms with Crippen molar-refractivity contribution in [2.24, 2.45) is 0 Å². The molecule has 0 saturated carbocycles. The minimum absolute atomic E-state index is 0.0308. The first kappa shape index (κ1) is 21.5. The number of benzene rings is 1. The zero-order valence-corrected chi connectivity index (χ0v) is 15.2. The van der Waals surface area contributed by atoms with Gasteiger partial charge in [-0.2, -0.15) is 0 Å². The molecule has 2 atom stereocenters. The fourth-order valence-electron chi connectivity index (χ4n) is 2.12. The van der Waals surface area contributed by atoms with E-state index in [4.69, 9.17) is 9.47 Å². The second-order valence-corrected chi connectivity index (χ2v) is 5.88. The topological polar surface area (TPSA) is 103 Å². The lowest BCUT2D eigenvalue weighted by molar-refractivity contribution is 0.0482. The Hall–Kier alpha value is -1.54. The molecule has 0 aromatic heterocycles. The van der Waals surface area contributed by atoms with Crippen LogP contribution in [0, 0.1) is 0 Å². The van der Waals surface area contributed by atoms with E-state index in [0.29, 0.717) is 24.6 Å². The molecule has 0 saturated heterocycles. The van der Waals surface area contributed by atoms with Crippen molar-refractivity contribution in [1.82, 2.24) is 0 Å². The molecule has 0 aliphatic carbocycles. The van der Waals surface area contributed by atoms with Gasteiger partial charge >= 0.3 is 0 Å². The van der Waals surface area contributed by atoms with Crippen LogP contribution in [0.1, 0.15) is 39.5 Å². The molecule has 7 nitrogen and oxygen atoms in total. The van der Waals surface area contributed by atoms with Crippen molar-refractivity contribution in [3.05, 3.63) is 18.2 Å². The van der Waals surface area contributed by atoms with Gasteiger partial charge in [0.15, 0.2) is 0 Å². The third-order valence-corrected chi connectivity index (χ3v) is 3.51. The number of phenols is 1. The van der Waals surface area contributed by atoms with E-state index < -0.39 is 12.5 Å². The Kier molecular flexibility index (Phi) is 11.0. The molecule has 0 heterocycles. The average molecular weight is 356 g/mol. The first-order valence-electron chi connectivity index (χ1n) is 8.95. The van der Waals surface area contributed by atoms with E-state index in [-0.39, 0.29) is 19.0 Å². The van der Waals surface area contributed by atoms with Crippen molar-refractivity contribution in [1.29, 1.82) is 0 Å². The van der Waals surface area contributed by atoms with Crippen LogP contribution in [-0.2, 0) is 9.47 Å². The van der Waals surface area contributed by atoms with Gasteiger partial charge in [-0.3, -0.25) is 0 Å². The smallest absolute Gasteiger partial charge is 0.148 e. The van der Waals surface area contributed by atoms with Crippen molar-refractivity contribution in [3.8, 4) is 5.75 Å². The van der Waals surface area contributed by atoms with Gasteiger partial charge in [-0.25, -0.2) is 0 Å². The molecule has 7 heteroatoms. The lowest BCUT2D eigenvalue weighted by atomic mass is 10.2. The number of nitrogens with one attached hydrogen (secondary N) is 2. The Morgan fingerprint density at radius 3 is 2.04 bits per heavy atom. The molecule has 1 rings (SSSR count). The second kappa shape index (κ2) is 12.8. The van der Waals surface area contributed by atoms with Gasteiger partial charge in [0.25, 0.3) is 0 Å². The van der Waals surface area contributed by atoms with Crippen LogP contribution in [0.2, 0.25) is 0 Å². The zero-order chi connectivity index (χ0) is 18.5. The van der Waals surface area contributed by atoms with Crippen LogP contribution >= 0.6 is 0 Å². The highest BCUT2D eigenvalue weighted by atomic mass is 16.5. The number of aromatic hydroxyl groups is 1. The van der Waals surface area contributed by atoms with Gasteiger partial charge in [-0.1, -0.05) is 32.8 Å². The van der Waals surface area contributed by atoms with Gasteiger partial charge in [0.1, 0.15) is 23.9 Å². The molecule has 5 N–H and O–H groups in total. The Morgan fingerprint density at radius 1 is 0.920 bits per heavy atom. The third kappa shape index (κ3) is 8.92. The summed E-state index contributed by atoms with van der Waals surface area (Å²) in [4.78, 5) is 0. The summed E-state index contributed by atoms with van der Waals surface area (Å²) in [6.07, 6.45) is 2.04. The third-order valence-electron chi connectivity index (χ3n) is 3.51. The molecule has 25 heavy (non-hydrogen) atoms. The Balaban J connectivity index is 2.55. The maximum absolute atomic E-state index is 10.0. The number of unbranched alkanes of at least 4 members (excludes halogenated alkanes) is 2. The molecular formula is C18H32N2O5. The van der Waals surface area contributed by atoms with E-state index in [1.165, 1.54) is 6.07 Å². The quantitative estimate of drug-likeness (QED) is 0.198. The van der Waals surface area contributed by atoms with E-state index in [9.17, 15) is 15.3 Å². The van der Waals surface area contributed by atoms with Crippen LogP contribution in [0.4, 0.5) is 11.4 Å². The molecule has 0 aliphatic heterocycles. The SMILES string of the molecule is CCCCOCC(O)Nc1cccc(O)c1NC(O)COCCCC.